The fraction of sp³-hybridized carbons (Fsp3) is 0.400. The SMILES string of the molecule is CC(C)CC(=O)N[C@H](Cc1cccc(C#N)c1)C(=O)O. The Morgan fingerprint density at radius 1 is 1.40 bits per heavy atom. The van der Waals surface area contributed by atoms with Crippen molar-refractivity contribution in [1.82, 2.24) is 5.32 Å². The van der Waals surface area contributed by atoms with E-state index in [-0.39, 0.29) is 18.2 Å². The predicted molar refractivity (Wildman–Crippen MR) is 73.9 cm³/mol. The Kier molecular flexibility index (Phi) is 5.73. The Hall–Kier alpha value is -2.35. The number of hydrogen-bond acceptors (Lipinski definition) is 3. The van der Waals surface area contributed by atoms with Gasteiger partial charge in [-0.2, -0.15) is 5.26 Å². The largest absolute Gasteiger partial charge is 0.480 e. The van der Waals surface area contributed by atoms with Gasteiger partial charge in [-0.1, -0.05) is 26.0 Å². The molecule has 0 saturated heterocycles. The molecule has 2 N–H and O–H groups in total. The lowest BCUT2D eigenvalue weighted by molar-refractivity contribution is -0.141. The average Bonchev–Trinajstić information content (AvgIpc) is 2.37. The van der Waals surface area contributed by atoms with Gasteiger partial charge in [0, 0.05) is 12.8 Å². The summed E-state index contributed by atoms with van der Waals surface area (Å²) in [5.74, 6) is -1.18. The van der Waals surface area contributed by atoms with Crippen LogP contribution in [0.3, 0.4) is 0 Å². The highest BCUT2D eigenvalue weighted by atomic mass is 16.4. The molecule has 0 aliphatic heterocycles. The average molecular weight is 274 g/mol. The van der Waals surface area contributed by atoms with E-state index >= 15 is 0 Å². The molecule has 1 atom stereocenters. The number of hydrogen-bond donors (Lipinski definition) is 2. The summed E-state index contributed by atoms with van der Waals surface area (Å²) in [5.41, 5.74) is 1.18. The second kappa shape index (κ2) is 7.29. The van der Waals surface area contributed by atoms with E-state index in [4.69, 9.17) is 10.4 Å². The summed E-state index contributed by atoms with van der Waals surface area (Å²) in [6.07, 6.45) is 0.455. The van der Waals surface area contributed by atoms with Crippen molar-refractivity contribution in [2.24, 2.45) is 5.92 Å². The van der Waals surface area contributed by atoms with Crippen LogP contribution in [0.5, 0.6) is 0 Å². The van der Waals surface area contributed by atoms with E-state index in [1.807, 2.05) is 19.9 Å². The molecule has 0 aromatic heterocycles. The van der Waals surface area contributed by atoms with Crippen LogP contribution in [0, 0.1) is 17.2 Å². The lowest BCUT2D eigenvalue weighted by Crippen LogP contribution is -2.42. The molecular formula is C15H18N2O3. The number of amides is 1. The smallest absolute Gasteiger partial charge is 0.326 e. The van der Waals surface area contributed by atoms with E-state index in [1.165, 1.54) is 0 Å². The quantitative estimate of drug-likeness (QED) is 0.826. The van der Waals surface area contributed by atoms with Crippen LogP contribution in [0.15, 0.2) is 24.3 Å². The lowest BCUT2D eigenvalue weighted by Gasteiger charge is -2.15. The van der Waals surface area contributed by atoms with Gasteiger partial charge in [-0.15, -0.1) is 0 Å². The van der Waals surface area contributed by atoms with Crippen molar-refractivity contribution in [1.29, 1.82) is 5.26 Å². The third-order valence-corrected chi connectivity index (χ3v) is 2.72. The van der Waals surface area contributed by atoms with Crippen molar-refractivity contribution < 1.29 is 14.7 Å². The van der Waals surface area contributed by atoms with Crippen molar-refractivity contribution in [2.45, 2.75) is 32.7 Å². The van der Waals surface area contributed by atoms with Crippen molar-refractivity contribution in [3.63, 3.8) is 0 Å². The van der Waals surface area contributed by atoms with Gasteiger partial charge in [0.05, 0.1) is 11.6 Å². The molecule has 1 aromatic rings. The Morgan fingerprint density at radius 2 is 2.10 bits per heavy atom. The third-order valence-electron chi connectivity index (χ3n) is 2.72. The van der Waals surface area contributed by atoms with E-state index in [1.54, 1.807) is 24.3 Å². The summed E-state index contributed by atoms with van der Waals surface area (Å²) in [7, 11) is 0. The van der Waals surface area contributed by atoms with Crippen LogP contribution in [0.1, 0.15) is 31.4 Å². The van der Waals surface area contributed by atoms with Gasteiger partial charge in [-0.3, -0.25) is 4.79 Å². The van der Waals surface area contributed by atoms with Crippen LogP contribution >= 0.6 is 0 Å². The molecule has 0 bridgehead atoms. The Balaban J connectivity index is 2.75. The zero-order valence-corrected chi connectivity index (χ0v) is 11.6. The Bertz CT molecular complexity index is 532. The van der Waals surface area contributed by atoms with E-state index in [0.717, 1.165) is 0 Å². The minimum Gasteiger partial charge on any atom is -0.480 e. The second-order valence-corrected chi connectivity index (χ2v) is 5.07. The van der Waals surface area contributed by atoms with Crippen LogP contribution < -0.4 is 5.32 Å². The number of nitrogens with zero attached hydrogens (tertiary/aromatic N) is 1. The number of benzene rings is 1. The maximum atomic E-state index is 11.7. The zero-order valence-electron chi connectivity index (χ0n) is 11.6. The molecule has 5 heteroatoms. The van der Waals surface area contributed by atoms with E-state index < -0.39 is 12.0 Å². The van der Waals surface area contributed by atoms with Crippen LogP contribution in [-0.2, 0) is 16.0 Å². The van der Waals surface area contributed by atoms with Gasteiger partial charge in [0.15, 0.2) is 0 Å². The molecular weight excluding hydrogens is 256 g/mol. The predicted octanol–water partition coefficient (Wildman–Crippen LogP) is 1.72. The molecule has 0 saturated carbocycles. The number of aliphatic carboxylic acids is 1. The lowest BCUT2D eigenvalue weighted by atomic mass is 10.0. The number of nitrogens with one attached hydrogen (secondary N) is 1. The van der Waals surface area contributed by atoms with Crippen LogP contribution in [0.25, 0.3) is 0 Å². The molecule has 1 amide bonds. The van der Waals surface area contributed by atoms with Crippen molar-refractivity contribution >= 4 is 11.9 Å². The molecule has 0 aliphatic rings. The first-order valence-corrected chi connectivity index (χ1v) is 6.43. The van der Waals surface area contributed by atoms with Crippen LogP contribution in [0.4, 0.5) is 0 Å². The summed E-state index contributed by atoms with van der Waals surface area (Å²) in [4.78, 5) is 22.9. The number of rotatable bonds is 6. The minimum absolute atomic E-state index is 0.161. The van der Waals surface area contributed by atoms with Gasteiger partial charge in [0.2, 0.25) is 5.91 Å². The summed E-state index contributed by atoms with van der Waals surface area (Å²) in [6.45, 7) is 3.79. The van der Waals surface area contributed by atoms with Gasteiger partial charge >= 0.3 is 5.97 Å². The van der Waals surface area contributed by atoms with Gasteiger partial charge in [0.25, 0.3) is 0 Å². The van der Waals surface area contributed by atoms with Gasteiger partial charge in [-0.25, -0.2) is 4.79 Å². The number of carboxylic acid groups (broad SMARTS) is 1. The number of carbonyl (C=O) groups excluding carboxylic acids is 1. The van der Waals surface area contributed by atoms with E-state index in [9.17, 15) is 9.59 Å². The summed E-state index contributed by atoms with van der Waals surface area (Å²) >= 11 is 0. The van der Waals surface area contributed by atoms with Crippen molar-refractivity contribution in [3.05, 3.63) is 35.4 Å². The van der Waals surface area contributed by atoms with Gasteiger partial charge in [-0.05, 0) is 23.6 Å². The highest BCUT2D eigenvalue weighted by Crippen LogP contribution is 2.08. The molecule has 106 valence electrons. The molecule has 0 heterocycles. The number of nitriles is 1. The molecule has 0 spiro atoms. The maximum absolute atomic E-state index is 11.7. The van der Waals surface area contributed by atoms with E-state index in [2.05, 4.69) is 5.32 Å². The van der Waals surface area contributed by atoms with Gasteiger partial charge < -0.3 is 10.4 Å². The summed E-state index contributed by atoms with van der Waals surface area (Å²) in [6, 6.07) is 7.74. The fourth-order valence-corrected chi connectivity index (χ4v) is 1.83. The highest BCUT2D eigenvalue weighted by molar-refractivity contribution is 5.83. The Morgan fingerprint density at radius 3 is 2.65 bits per heavy atom. The van der Waals surface area contributed by atoms with Gasteiger partial charge in [0.1, 0.15) is 6.04 Å². The molecule has 0 unspecified atom stereocenters. The van der Waals surface area contributed by atoms with E-state index in [0.29, 0.717) is 17.5 Å². The maximum Gasteiger partial charge on any atom is 0.326 e. The zero-order chi connectivity index (χ0) is 15.1. The molecule has 0 aliphatic carbocycles. The fourth-order valence-electron chi connectivity index (χ4n) is 1.83. The minimum atomic E-state index is -1.08. The Labute approximate surface area is 118 Å². The first-order valence-electron chi connectivity index (χ1n) is 6.43. The molecule has 1 rings (SSSR count). The number of carboxylic acids is 1. The molecule has 20 heavy (non-hydrogen) atoms. The number of carbonyl (C=O) groups is 2. The molecule has 5 nitrogen and oxygen atoms in total. The van der Waals surface area contributed by atoms with Crippen molar-refractivity contribution in [2.75, 3.05) is 0 Å². The second-order valence-electron chi connectivity index (χ2n) is 5.07. The summed E-state index contributed by atoms with van der Waals surface area (Å²) < 4.78 is 0. The monoisotopic (exact) mass is 274 g/mol. The first-order chi connectivity index (χ1) is 9.42. The normalized spacial score (nSPS) is 11.7. The third kappa shape index (κ3) is 5.11. The van der Waals surface area contributed by atoms with Crippen LogP contribution in [0.2, 0.25) is 0 Å². The first kappa shape index (κ1) is 15.7. The molecule has 0 fully saturated rings. The molecule has 0 radical (unpaired) electrons. The van der Waals surface area contributed by atoms with Crippen molar-refractivity contribution in [3.8, 4) is 6.07 Å². The summed E-state index contributed by atoms with van der Waals surface area (Å²) in [5, 5.41) is 20.5. The standard InChI is InChI=1S/C15H18N2O3/c1-10(2)6-14(18)17-13(15(19)20)8-11-4-3-5-12(7-11)9-16/h3-5,7,10,13H,6,8H2,1-2H3,(H,17,18)(H,19,20)/t13-/m1/s1. The topological polar surface area (TPSA) is 90.2 Å². The molecule has 1 aromatic carbocycles. The van der Waals surface area contributed by atoms with Crippen LogP contribution in [-0.4, -0.2) is 23.0 Å². The highest BCUT2D eigenvalue weighted by Gasteiger charge is 2.20.